The van der Waals surface area contributed by atoms with Gasteiger partial charge in [0, 0.05) is 0 Å². The molecule has 2 aromatic carbocycles. The quantitative estimate of drug-likeness (QED) is 0.793. The highest BCUT2D eigenvalue weighted by atomic mass is 19.4. The molecule has 1 heterocycles. The first-order valence-electron chi connectivity index (χ1n) is 7.98. The van der Waals surface area contributed by atoms with Gasteiger partial charge in [0.15, 0.2) is 12.3 Å². The van der Waals surface area contributed by atoms with Crippen LogP contribution in [0.5, 0.6) is 5.75 Å². The minimum Gasteiger partial charge on any atom is -0.482 e. The van der Waals surface area contributed by atoms with Gasteiger partial charge in [-0.05, 0) is 35.9 Å². The molecule has 1 N–H and O–H groups in total. The van der Waals surface area contributed by atoms with Gasteiger partial charge in [0.05, 0.1) is 11.3 Å². The second-order valence-electron chi connectivity index (χ2n) is 5.71. The van der Waals surface area contributed by atoms with E-state index >= 15 is 0 Å². The van der Waals surface area contributed by atoms with Gasteiger partial charge in [-0.3, -0.25) is 4.79 Å². The molecule has 2 aromatic rings. The highest BCUT2D eigenvalue weighted by Gasteiger charge is 2.46. The Morgan fingerprint density at radius 3 is 2.32 bits per heavy atom. The van der Waals surface area contributed by atoms with E-state index in [0.717, 1.165) is 6.08 Å². The normalized spacial score (nSPS) is 15.7. The Balaban J connectivity index is 1.92. The third kappa shape index (κ3) is 4.20. The number of benzene rings is 2. The van der Waals surface area contributed by atoms with Crippen molar-refractivity contribution in [2.45, 2.75) is 6.18 Å². The van der Waals surface area contributed by atoms with Crippen molar-refractivity contribution in [1.82, 2.24) is 0 Å². The summed E-state index contributed by atoms with van der Waals surface area (Å²) in [6, 6.07) is 13.4. The van der Waals surface area contributed by atoms with Crippen LogP contribution in [0, 0.1) is 0 Å². The number of alkyl halides is 3. The van der Waals surface area contributed by atoms with Crippen molar-refractivity contribution < 1.29 is 32.6 Å². The van der Waals surface area contributed by atoms with Crippen LogP contribution < -0.4 is 9.75 Å². The molecular weight excluding hydrogens is 377 g/mol. The molecule has 0 atom stereocenters. The molecule has 0 saturated heterocycles. The summed E-state index contributed by atoms with van der Waals surface area (Å²) in [5, 5.41) is 12.8. The summed E-state index contributed by atoms with van der Waals surface area (Å²) < 4.78 is 45.1. The lowest BCUT2D eigenvalue weighted by atomic mass is 10.1. The van der Waals surface area contributed by atoms with Gasteiger partial charge < -0.3 is 9.84 Å². The van der Waals surface area contributed by atoms with Crippen LogP contribution in [0.15, 0.2) is 65.3 Å². The molecule has 1 aliphatic rings. The van der Waals surface area contributed by atoms with Crippen molar-refractivity contribution in [2.24, 2.45) is 5.10 Å². The Morgan fingerprint density at radius 1 is 1.11 bits per heavy atom. The Labute approximate surface area is 157 Å². The summed E-state index contributed by atoms with van der Waals surface area (Å²) in [6.07, 6.45) is -3.73. The van der Waals surface area contributed by atoms with Crippen LogP contribution in [-0.2, 0) is 9.59 Å². The Bertz CT molecular complexity index is 951. The SMILES string of the molecule is O=C(O)COc1ccc(/C=C2\C(=O)N(c3ccccc3)N=C2C(F)(F)F)cc1. The van der Waals surface area contributed by atoms with E-state index in [4.69, 9.17) is 9.84 Å². The van der Waals surface area contributed by atoms with Crippen molar-refractivity contribution in [3.63, 3.8) is 0 Å². The number of rotatable bonds is 5. The van der Waals surface area contributed by atoms with Crippen molar-refractivity contribution in [2.75, 3.05) is 11.6 Å². The fourth-order valence-corrected chi connectivity index (χ4v) is 2.47. The van der Waals surface area contributed by atoms with E-state index in [0.29, 0.717) is 10.6 Å². The number of anilines is 1. The zero-order chi connectivity index (χ0) is 20.3. The number of carboxylic acids is 1. The smallest absolute Gasteiger partial charge is 0.435 e. The lowest BCUT2D eigenvalue weighted by molar-refractivity contribution is -0.139. The lowest BCUT2D eigenvalue weighted by Crippen LogP contribution is -2.25. The number of para-hydroxylation sites is 1. The van der Waals surface area contributed by atoms with Crippen LogP contribution in [0.2, 0.25) is 0 Å². The number of nitrogens with zero attached hydrogens (tertiary/aromatic N) is 2. The first-order chi connectivity index (χ1) is 13.3. The number of aliphatic carboxylic acids is 1. The van der Waals surface area contributed by atoms with Gasteiger partial charge in [-0.2, -0.15) is 23.3 Å². The summed E-state index contributed by atoms with van der Waals surface area (Å²) >= 11 is 0. The topological polar surface area (TPSA) is 79.2 Å². The van der Waals surface area contributed by atoms with Crippen LogP contribution in [0.25, 0.3) is 6.08 Å². The standard InChI is InChI=1S/C19H13F3N2O4/c20-19(21,22)17-15(18(27)24(23-17)13-4-2-1-3-5-13)10-12-6-8-14(9-7-12)28-11-16(25)26/h1-10H,11H2,(H,25,26)/b15-10-. The number of hydrogen-bond acceptors (Lipinski definition) is 4. The first-order valence-corrected chi connectivity index (χ1v) is 7.98. The molecule has 9 heteroatoms. The number of carboxylic acid groups (broad SMARTS) is 1. The van der Waals surface area contributed by atoms with Gasteiger partial charge >= 0.3 is 12.1 Å². The fraction of sp³-hybridized carbons (Fsp3) is 0.105. The molecule has 0 aliphatic carbocycles. The second kappa shape index (κ2) is 7.55. The number of hydrazone groups is 1. The number of carbonyl (C=O) groups excluding carboxylic acids is 1. The Morgan fingerprint density at radius 2 is 1.75 bits per heavy atom. The molecule has 0 bridgehead atoms. The maximum Gasteiger partial charge on any atom is 0.435 e. The number of amides is 1. The molecule has 144 valence electrons. The van der Waals surface area contributed by atoms with E-state index in [1.807, 2.05) is 0 Å². The van der Waals surface area contributed by atoms with Gasteiger partial charge in [-0.1, -0.05) is 30.3 Å². The van der Waals surface area contributed by atoms with Gasteiger partial charge in [-0.15, -0.1) is 0 Å². The summed E-state index contributed by atoms with van der Waals surface area (Å²) in [4.78, 5) is 23.1. The Kier molecular flexibility index (Phi) is 5.16. The van der Waals surface area contributed by atoms with Crippen LogP contribution in [0.3, 0.4) is 0 Å². The zero-order valence-corrected chi connectivity index (χ0v) is 14.2. The Hall–Kier alpha value is -3.62. The minimum absolute atomic E-state index is 0.218. The summed E-state index contributed by atoms with van der Waals surface area (Å²) in [6.45, 7) is -0.546. The van der Waals surface area contributed by atoms with E-state index in [-0.39, 0.29) is 11.4 Å². The monoisotopic (exact) mass is 390 g/mol. The predicted octanol–water partition coefficient (Wildman–Crippen LogP) is 3.50. The molecule has 6 nitrogen and oxygen atoms in total. The second-order valence-corrected chi connectivity index (χ2v) is 5.71. The van der Waals surface area contributed by atoms with Crippen LogP contribution in [0.4, 0.5) is 18.9 Å². The maximum absolute atomic E-state index is 13.4. The largest absolute Gasteiger partial charge is 0.482 e. The molecule has 0 saturated carbocycles. The maximum atomic E-state index is 13.4. The molecule has 28 heavy (non-hydrogen) atoms. The van der Waals surface area contributed by atoms with Crippen molar-refractivity contribution >= 4 is 29.4 Å². The van der Waals surface area contributed by atoms with Crippen LogP contribution in [-0.4, -0.2) is 35.5 Å². The molecule has 1 aliphatic heterocycles. The molecule has 3 rings (SSSR count). The third-order valence-electron chi connectivity index (χ3n) is 3.70. The fourth-order valence-electron chi connectivity index (χ4n) is 2.47. The number of ether oxygens (including phenoxy) is 1. The molecule has 0 fully saturated rings. The first kappa shape index (κ1) is 19.2. The summed E-state index contributed by atoms with van der Waals surface area (Å²) in [5.74, 6) is -1.82. The molecule has 0 spiro atoms. The van der Waals surface area contributed by atoms with Crippen molar-refractivity contribution in [3.8, 4) is 5.75 Å². The number of carbonyl (C=O) groups is 2. The van der Waals surface area contributed by atoms with E-state index in [2.05, 4.69) is 5.10 Å². The van der Waals surface area contributed by atoms with Gasteiger partial charge in [0.25, 0.3) is 5.91 Å². The van der Waals surface area contributed by atoms with Gasteiger partial charge in [0.2, 0.25) is 0 Å². The number of halogens is 3. The molecule has 0 unspecified atom stereocenters. The predicted molar refractivity (Wildman–Crippen MR) is 95.0 cm³/mol. The highest BCUT2D eigenvalue weighted by Crippen LogP contribution is 2.32. The molecular formula is C19H13F3N2O4. The van der Waals surface area contributed by atoms with Crippen molar-refractivity contribution in [1.29, 1.82) is 0 Å². The van der Waals surface area contributed by atoms with Gasteiger partial charge in [0.1, 0.15) is 5.75 Å². The minimum atomic E-state index is -4.81. The van der Waals surface area contributed by atoms with Gasteiger partial charge in [-0.25, -0.2) is 4.79 Å². The molecule has 0 radical (unpaired) electrons. The highest BCUT2D eigenvalue weighted by molar-refractivity contribution is 6.34. The number of hydrogen-bond donors (Lipinski definition) is 1. The van der Waals surface area contributed by atoms with E-state index in [9.17, 15) is 22.8 Å². The van der Waals surface area contributed by atoms with E-state index < -0.39 is 35.9 Å². The average molecular weight is 390 g/mol. The third-order valence-corrected chi connectivity index (χ3v) is 3.70. The summed E-state index contributed by atoms with van der Waals surface area (Å²) in [7, 11) is 0. The van der Waals surface area contributed by atoms with Crippen LogP contribution >= 0.6 is 0 Å². The molecule has 0 aromatic heterocycles. The lowest BCUT2D eigenvalue weighted by Gasteiger charge is -2.10. The summed E-state index contributed by atoms with van der Waals surface area (Å²) in [5.41, 5.74) is -1.35. The molecule has 1 amide bonds. The van der Waals surface area contributed by atoms with Crippen LogP contribution in [0.1, 0.15) is 5.56 Å². The average Bonchev–Trinajstić information content (AvgIpc) is 2.98. The van der Waals surface area contributed by atoms with Crippen molar-refractivity contribution in [3.05, 3.63) is 65.7 Å². The van der Waals surface area contributed by atoms with E-state index in [1.165, 1.54) is 36.4 Å². The zero-order valence-electron chi connectivity index (χ0n) is 14.2. The van der Waals surface area contributed by atoms with E-state index in [1.54, 1.807) is 18.2 Å².